The molecule has 1 atom stereocenters. The topological polar surface area (TPSA) is 84.5 Å². The molecule has 7 heteroatoms. The molecule has 134 valence electrons. The normalized spacial score (nSPS) is 12.3. The van der Waals surface area contributed by atoms with E-state index in [1.807, 2.05) is 19.1 Å². The molecule has 0 aliphatic heterocycles. The Hall–Kier alpha value is -2.54. The number of methoxy groups -OCH3 is 1. The van der Waals surface area contributed by atoms with Gasteiger partial charge in [0.05, 0.1) is 18.8 Å². The second-order valence-corrected chi connectivity index (χ2v) is 7.64. The van der Waals surface area contributed by atoms with Crippen LogP contribution in [0.1, 0.15) is 12.5 Å². The summed E-state index contributed by atoms with van der Waals surface area (Å²) in [5.41, 5.74) is 2.10. The zero-order chi connectivity index (χ0) is 18.4. The van der Waals surface area contributed by atoms with E-state index in [1.165, 1.54) is 0 Å². The molecule has 2 aromatic rings. The van der Waals surface area contributed by atoms with Crippen molar-refractivity contribution in [1.82, 2.24) is 0 Å². The number of anilines is 2. The average Bonchev–Trinajstić information content (AvgIpc) is 2.57. The van der Waals surface area contributed by atoms with E-state index >= 15 is 0 Å². The lowest BCUT2D eigenvalue weighted by Gasteiger charge is -2.14. The smallest absolute Gasteiger partial charge is 0.233 e. The number of sulfonamides is 1. The van der Waals surface area contributed by atoms with Crippen LogP contribution in [0.5, 0.6) is 5.75 Å². The first-order valence-corrected chi connectivity index (χ1v) is 9.46. The number of carbonyl (C=O) groups is 1. The summed E-state index contributed by atoms with van der Waals surface area (Å²) < 4.78 is 32.0. The van der Waals surface area contributed by atoms with Gasteiger partial charge in [-0.15, -0.1) is 0 Å². The van der Waals surface area contributed by atoms with Crippen molar-refractivity contribution < 1.29 is 17.9 Å². The molecule has 0 spiro atoms. The molecule has 0 bridgehead atoms. The fraction of sp³-hybridized carbons (Fsp3) is 0.278. The highest BCUT2D eigenvalue weighted by Gasteiger charge is 2.21. The van der Waals surface area contributed by atoms with Gasteiger partial charge in [0.2, 0.25) is 15.9 Å². The summed E-state index contributed by atoms with van der Waals surface area (Å²) >= 11 is 0. The summed E-state index contributed by atoms with van der Waals surface area (Å²) in [6.45, 7) is 3.50. The zero-order valence-electron chi connectivity index (χ0n) is 14.4. The molecule has 0 radical (unpaired) electrons. The number of benzene rings is 2. The number of amides is 1. The summed E-state index contributed by atoms with van der Waals surface area (Å²) in [4.78, 5) is 12.2. The van der Waals surface area contributed by atoms with Crippen molar-refractivity contribution in [3.63, 3.8) is 0 Å². The van der Waals surface area contributed by atoms with Gasteiger partial charge < -0.3 is 10.1 Å². The van der Waals surface area contributed by atoms with Gasteiger partial charge in [0.15, 0.2) is 0 Å². The number of carbonyl (C=O) groups excluding carboxylic acids is 1. The van der Waals surface area contributed by atoms with Crippen LogP contribution in [0, 0.1) is 12.8 Å². The lowest BCUT2D eigenvalue weighted by Crippen LogP contribution is -2.29. The van der Waals surface area contributed by atoms with Crippen LogP contribution in [-0.4, -0.2) is 27.2 Å². The van der Waals surface area contributed by atoms with Gasteiger partial charge in [-0.2, -0.15) is 0 Å². The van der Waals surface area contributed by atoms with Gasteiger partial charge in [0, 0.05) is 11.4 Å². The van der Waals surface area contributed by atoms with E-state index < -0.39 is 15.9 Å². The number of rotatable bonds is 7. The van der Waals surface area contributed by atoms with Gasteiger partial charge in [-0.05, 0) is 43.3 Å². The maximum Gasteiger partial charge on any atom is 0.233 e. The molecule has 0 aliphatic carbocycles. The molecule has 25 heavy (non-hydrogen) atoms. The Morgan fingerprint density at radius 1 is 1.04 bits per heavy atom. The molecule has 0 aliphatic rings. The monoisotopic (exact) mass is 362 g/mol. The van der Waals surface area contributed by atoms with Crippen molar-refractivity contribution in [1.29, 1.82) is 0 Å². The van der Waals surface area contributed by atoms with Crippen molar-refractivity contribution in [2.45, 2.75) is 13.8 Å². The average molecular weight is 362 g/mol. The van der Waals surface area contributed by atoms with Gasteiger partial charge in [-0.1, -0.05) is 24.6 Å². The van der Waals surface area contributed by atoms with E-state index in [0.717, 1.165) is 5.56 Å². The van der Waals surface area contributed by atoms with Gasteiger partial charge in [0.25, 0.3) is 0 Å². The molecule has 0 heterocycles. The molecule has 0 saturated carbocycles. The predicted molar refractivity (Wildman–Crippen MR) is 99.4 cm³/mol. The van der Waals surface area contributed by atoms with Crippen molar-refractivity contribution >= 4 is 27.3 Å². The molecule has 2 aromatic carbocycles. The third-order valence-corrected chi connectivity index (χ3v) is 5.09. The summed E-state index contributed by atoms with van der Waals surface area (Å²) in [6.07, 6.45) is 0. The number of aryl methyl sites for hydroxylation is 1. The molecule has 1 unspecified atom stereocenters. The summed E-state index contributed by atoms with van der Waals surface area (Å²) in [5.74, 6) is -0.691. The second-order valence-electron chi connectivity index (χ2n) is 5.87. The SMILES string of the molecule is COc1ccc(NC(=O)C(C)CS(=O)(=O)Nc2ccc(C)cc2)cc1. The number of ether oxygens (including phenoxy) is 1. The molecule has 2 N–H and O–H groups in total. The standard InChI is InChI=1S/C18H22N2O4S/c1-13-4-6-16(7-5-13)20-25(22,23)12-14(2)18(21)19-15-8-10-17(24-3)11-9-15/h4-11,14,20H,12H2,1-3H3,(H,19,21). The molecule has 0 fully saturated rings. The number of hydrogen-bond donors (Lipinski definition) is 2. The first-order chi connectivity index (χ1) is 11.8. The summed E-state index contributed by atoms with van der Waals surface area (Å²) in [7, 11) is -2.07. The van der Waals surface area contributed by atoms with E-state index in [1.54, 1.807) is 50.4 Å². The van der Waals surface area contributed by atoms with Crippen LogP contribution in [0.3, 0.4) is 0 Å². The Labute approximate surface area is 148 Å². The van der Waals surface area contributed by atoms with E-state index in [4.69, 9.17) is 4.74 Å². The lowest BCUT2D eigenvalue weighted by atomic mass is 10.2. The third kappa shape index (κ3) is 5.79. The minimum Gasteiger partial charge on any atom is -0.497 e. The highest BCUT2D eigenvalue weighted by atomic mass is 32.2. The molecule has 0 aromatic heterocycles. The summed E-state index contributed by atoms with van der Waals surface area (Å²) in [5, 5.41) is 2.70. The maximum absolute atomic E-state index is 12.2. The van der Waals surface area contributed by atoms with Crippen molar-refractivity contribution in [2.75, 3.05) is 22.9 Å². The van der Waals surface area contributed by atoms with Crippen molar-refractivity contribution in [3.8, 4) is 5.75 Å². The molecule has 1 amide bonds. The number of hydrogen-bond acceptors (Lipinski definition) is 4. The van der Waals surface area contributed by atoms with Gasteiger partial charge in [-0.3, -0.25) is 9.52 Å². The zero-order valence-corrected chi connectivity index (χ0v) is 15.3. The minimum absolute atomic E-state index is 0.303. The Morgan fingerprint density at radius 2 is 1.60 bits per heavy atom. The molecule has 6 nitrogen and oxygen atoms in total. The maximum atomic E-state index is 12.2. The molecule has 2 rings (SSSR count). The van der Waals surface area contributed by atoms with Gasteiger partial charge in [-0.25, -0.2) is 8.42 Å². The van der Waals surface area contributed by atoms with E-state index in [2.05, 4.69) is 10.0 Å². The van der Waals surface area contributed by atoms with Crippen molar-refractivity contribution in [2.24, 2.45) is 5.92 Å². The van der Waals surface area contributed by atoms with Crippen LogP contribution in [0.4, 0.5) is 11.4 Å². The van der Waals surface area contributed by atoms with Crippen LogP contribution in [-0.2, 0) is 14.8 Å². The van der Waals surface area contributed by atoms with Crippen LogP contribution in [0.2, 0.25) is 0 Å². The van der Waals surface area contributed by atoms with Crippen LogP contribution in [0.25, 0.3) is 0 Å². The van der Waals surface area contributed by atoms with Gasteiger partial charge in [0.1, 0.15) is 5.75 Å². The molecular weight excluding hydrogens is 340 g/mol. The van der Waals surface area contributed by atoms with E-state index in [-0.39, 0.29) is 11.7 Å². The highest BCUT2D eigenvalue weighted by molar-refractivity contribution is 7.92. The third-order valence-electron chi connectivity index (χ3n) is 3.60. The second kappa shape index (κ2) is 8.02. The Bertz CT molecular complexity index is 815. The lowest BCUT2D eigenvalue weighted by molar-refractivity contribution is -0.118. The Morgan fingerprint density at radius 3 is 2.16 bits per heavy atom. The first kappa shape index (κ1) is 18.8. The highest BCUT2D eigenvalue weighted by Crippen LogP contribution is 2.17. The largest absolute Gasteiger partial charge is 0.497 e. The van der Waals surface area contributed by atoms with Crippen LogP contribution < -0.4 is 14.8 Å². The Kier molecular flexibility index (Phi) is 6.03. The fourth-order valence-electron chi connectivity index (χ4n) is 2.19. The predicted octanol–water partition coefficient (Wildman–Crippen LogP) is 3.02. The minimum atomic E-state index is -3.63. The summed E-state index contributed by atoms with van der Waals surface area (Å²) in [6, 6.07) is 13.8. The van der Waals surface area contributed by atoms with Crippen LogP contribution in [0.15, 0.2) is 48.5 Å². The van der Waals surface area contributed by atoms with E-state index in [9.17, 15) is 13.2 Å². The Balaban J connectivity index is 1.95. The number of nitrogens with one attached hydrogen (secondary N) is 2. The first-order valence-electron chi connectivity index (χ1n) is 7.81. The van der Waals surface area contributed by atoms with Crippen LogP contribution >= 0.6 is 0 Å². The molecule has 0 saturated heterocycles. The fourth-order valence-corrected chi connectivity index (χ4v) is 3.58. The van der Waals surface area contributed by atoms with Gasteiger partial charge >= 0.3 is 0 Å². The van der Waals surface area contributed by atoms with Crippen molar-refractivity contribution in [3.05, 3.63) is 54.1 Å². The van der Waals surface area contributed by atoms with E-state index in [0.29, 0.717) is 17.1 Å². The molecular formula is C18H22N2O4S. The quantitative estimate of drug-likeness (QED) is 0.793.